The van der Waals surface area contributed by atoms with Crippen LogP contribution in [0.2, 0.25) is 0 Å². The number of benzene rings is 1. The van der Waals surface area contributed by atoms with Crippen LogP contribution in [0.3, 0.4) is 0 Å². The second-order valence-corrected chi connectivity index (χ2v) is 10.1. The van der Waals surface area contributed by atoms with Crippen molar-refractivity contribution in [1.82, 2.24) is 14.6 Å². The van der Waals surface area contributed by atoms with Crippen molar-refractivity contribution in [3.8, 4) is 5.69 Å². The van der Waals surface area contributed by atoms with Crippen LogP contribution in [0, 0.1) is 0 Å². The van der Waals surface area contributed by atoms with E-state index in [9.17, 15) is 4.79 Å². The molecule has 3 aromatic rings. The molecule has 2 fully saturated rings. The number of piperidine rings is 1. The summed E-state index contributed by atoms with van der Waals surface area (Å²) in [6, 6.07) is 12.8. The number of para-hydroxylation sites is 2. The maximum absolute atomic E-state index is 13.2. The maximum atomic E-state index is 13.2. The van der Waals surface area contributed by atoms with E-state index in [2.05, 4.69) is 57.6 Å². The molecule has 1 aromatic carbocycles. The molecule has 1 aliphatic carbocycles. The number of likely N-dealkylation sites (tertiary alicyclic amines) is 1. The van der Waals surface area contributed by atoms with Gasteiger partial charge >= 0.3 is 0 Å². The number of anilines is 1. The van der Waals surface area contributed by atoms with Crippen LogP contribution in [0.5, 0.6) is 0 Å². The van der Waals surface area contributed by atoms with E-state index in [-0.39, 0.29) is 17.0 Å². The predicted molar refractivity (Wildman–Crippen MR) is 123 cm³/mol. The molecule has 5 heterocycles. The first kappa shape index (κ1) is 19.4. The Balaban J connectivity index is 1.11. The molecular weight excluding hydrogens is 416 g/mol. The Morgan fingerprint density at radius 2 is 1.91 bits per heavy atom. The minimum Gasteiger partial charge on any atom is -0.372 e. The minimum absolute atomic E-state index is 0.0167. The number of hydrogen-bond donors (Lipinski definition) is 1. The molecule has 0 bridgehead atoms. The van der Waals surface area contributed by atoms with Gasteiger partial charge in [-0.3, -0.25) is 4.79 Å². The number of ether oxygens (including phenoxy) is 1. The van der Waals surface area contributed by atoms with E-state index in [1.54, 1.807) is 0 Å². The van der Waals surface area contributed by atoms with Crippen LogP contribution in [0.4, 0.5) is 5.69 Å². The van der Waals surface area contributed by atoms with Gasteiger partial charge in [-0.1, -0.05) is 17.3 Å². The van der Waals surface area contributed by atoms with Crippen molar-refractivity contribution in [1.29, 1.82) is 0 Å². The predicted octanol–water partition coefficient (Wildman–Crippen LogP) is 4.06. The molecule has 7 rings (SSSR count). The molecule has 1 amide bonds. The zero-order valence-corrected chi connectivity index (χ0v) is 18.7. The number of aryl methyl sites for hydroxylation is 1. The van der Waals surface area contributed by atoms with Gasteiger partial charge < -0.3 is 24.0 Å². The van der Waals surface area contributed by atoms with Crippen LogP contribution >= 0.6 is 0 Å². The number of amides is 1. The zero-order chi connectivity index (χ0) is 22.0. The fourth-order valence-corrected chi connectivity index (χ4v) is 6.41. The van der Waals surface area contributed by atoms with Gasteiger partial charge in [0.15, 0.2) is 5.69 Å². The Morgan fingerprint density at radius 3 is 2.82 bits per heavy atom. The van der Waals surface area contributed by atoms with Crippen LogP contribution in [-0.4, -0.2) is 45.8 Å². The quantitative estimate of drug-likeness (QED) is 0.613. The van der Waals surface area contributed by atoms with Crippen molar-refractivity contribution >= 4 is 11.6 Å². The molecule has 2 spiro atoms. The SMILES string of the molecule is O=C(c1noc2c1CCCC2)N1CCC2(CC1)C[C@@]1(CO2)Nc2ccccc2-n2cccc21. The number of carbonyl (C=O) groups is 1. The highest BCUT2D eigenvalue weighted by molar-refractivity contribution is 5.94. The molecule has 7 nitrogen and oxygen atoms in total. The van der Waals surface area contributed by atoms with E-state index >= 15 is 0 Å². The molecule has 3 aliphatic heterocycles. The highest BCUT2D eigenvalue weighted by atomic mass is 16.5. The Labute approximate surface area is 192 Å². The third-order valence-electron chi connectivity index (χ3n) is 8.14. The number of aromatic nitrogens is 2. The second-order valence-electron chi connectivity index (χ2n) is 10.1. The normalized spacial score (nSPS) is 24.9. The summed E-state index contributed by atoms with van der Waals surface area (Å²) >= 11 is 0. The summed E-state index contributed by atoms with van der Waals surface area (Å²) in [5.41, 5.74) is 4.70. The molecule has 7 heteroatoms. The first-order valence-electron chi connectivity index (χ1n) is 12.1. The Bertz CT molecular complexity index is 1240. The Morgan fingerprint density at radius 1 is 1.06 bits per heavy atom. The molecular formula is C26H28N4O3. The van der Waals surface area contributed by atoms with Gasteiger partial charge in [0.05, 0.1) is 29.3 Å². The number of rotatable bonds is 1. The number of carbonyl (C=O) groups excluding carboxylic acids is 1. The molecule has 4 aliphatic rings. The number of fused-ring (bicyclic) bond motifs is 5. The highest BCUT2D eigenvalue weighted by Crippen LogP contribution is 2.50. The smallest absolute Gasteiger partial charge is 0.276 e. The lowest BCUT2D eigenvalue weighted by Crippen LogP contribution is -2.48. The van der Waals surface area contributed by atoms with E-state index in [1.807, 2.05) is 4.90 Å². The summed E-state index contributed by atoms with van der Waals surface area (Å²) in [4.78, 5) is 15.2. The largest absolute Gasteiger partial charge is 0.372 e. The van der Waals surface area contributed by atoms with Crippen LogP contribution in [-0.2, 0) is 23.1 Å². The molecule has 1 atom stereocenters. The topological polar surface area (TPSA) is 72.5 Å². The van der Waals surface area contributed by atoms with Crippen molar-refractivity contribution < 1.29 is 14.1 Å². The average Bonchev–Trinajstić information content (AvgIpc) is 3.58. The van der Waals surface area contributed by atoms with E-state index in [4.69, 9.17) is 9.26 Å². The molecule has 0 saturated carbocycles. The summed E-state index contributed by atoms with van der Waals surface area (Å²) in [5.74, 6) is 0.925. The molecule has 33 heavy (non-hydrogen) atoms. The number of hydrogen-bond acceptors (Lipinski definition) is 5. The third-order valence-corrected chi connectivity index (χ3v) is 8.14. The van der Waals surface area contributed by atoms with Crippen molar-refractivity contribution in [3.63, 3.8) is 0 Å². The molecule has 0 radical (unpaired) electrons. The Kier molecular flexibility index (Phi) is 4.10. The molecule has 1 N–H and O–H groups in total. The summed E-state index contributed by atoms with van der Waals surface area (Å²) < 4.78 is 14.4. The first-order valence-corrected chi connectivity index (χ1v) is 12.1. The summed E-state index contributed by atoms with van der Waals surface area (Å²) in [6.07, 6.45) is 8.73. The maximum Gasteiger partial charge on any atom is 0.276 e. The van der Waals surface area contributed by atoms with Gasteiger partial charge in [-0.2, -0.15) is 0 Å². The van der Waals surface area contributed by atoms with Crippen molar-refractivity contribution in [3.05, 3.63) is 65.3 Å². The minimum atomic E-state index is -0.241. The third kappa shape index (κ3) is 2.84. The van der Waals surface area contributed by atoms with Gasteiger partial charge in [-0.15, -0.1) is 0 Å². The molecule has 2 saturated heterocycles. The van der Waals surface area contributed by atoms with Gasteiger partial charge in [0.2, 0.25) is 0 Å². The van der Waals surface area contributed by atoms with Gasteiger partial charge in [0, 0.05) is 37.7 Å². The fourth-order valence-electron chi connectivity index (χ4n) is 6.41. The fraction of sp³-hybridized carbons (Fsp3) is 0.462. The second kappa shape index (κ2) is 6.97. The van der Waals surface area contributed by atoms with Gasteiger partial charge in [0.25, 0.3) is 5.91 Å². The monoisotopic (exact) mass is 444 g/mol. The summed E-state index contributed by atoms with van der Waals surface area (Å²) in [5, 5.41) is 7.99. The van der Waals surface area contributed by atoms with Crippen LogP contribution in [0.15, 0.2) is 47.1 Å². The Hall–Kier alpha value is -3.06. The highest BCUT2D eigenvalue weighted by Gasteiger charge is 2.54. The molecule has 2 aromatic heterocycles. The number of nitrogens with zero attached hydrogens (tertiary/aromatic N) is 3. The van der Waals surface area contributed by atoms with E-state index < -0.39 is 0 Å². The molecule has 170 valence electrons. The lowest BCUT2D eigenvalue weighted by molar-refractivity contribution is -0.0393. The standard InChI is InChI=1S/C26H28N4O3/c31-24(23-18-6-1-4-9-21(18)33-28-23)29-14-11-25(12-15-29)16-26(17-32-25)22-10-5-13-30(22)20-8-3-2-7-19(20)27-26/h2-3,5,7-8,10,13,27H,1,4,6,9,11-12,14-17H2/t26-/m0/s1. The lowest BCUT2D eigenvalue weighted by atomic mass is 9.79. The first-order chi connectivity index (χ1) is 16.2. The van der Waals surface area contributed by atoms with E-state index in [0.29, 0.717) is 25.4 Å². The average molecular weight is 445 g/mol. The zero-order valence-electron chi connectivity index (χ0n) is 18.7. The van der Waals surface area contributed by atoms with Crippen LogP contribution in [0.25, 0.3) is 5.69 Å². The van der Waals surface area contributed by atoms with Gasteiger partial charge in [-0.05, 0) is 56.4 Å². The van der Waals surface area contributed by atoms with E-state index in [0.717, 1.165) is 62.0 Å². The lowest BCUT2D eigenvalue weighted by Gasteiger charge is -2.41. The number of nitrogens with one attached hydrogen (secondary N) is 1. The van der Waals surface area contributed by atoms with Crippen LogP contribution < -0.4 is 5.32 Å². The van der Waals surface area contributed by atoms with Gasteiger partial charge in [0.1, 0.15) is 11.3 Å². The van der Waals surface area contributed by atoms with Crippen LogP contribution in [0.1, 0.15) is 59.6 Å². The van der Waals surface area contributed by atoms with Crippen molar-refractivity contribution in [2.24, 2.45) is 0 Å². The van der Waals surface area contributed by atoms with Gasteiger partial charge in [-0.25, -0.2) is 0 Å². The summed E-state index contributed by atoms with van der Waals surface area (Å²) in [6.45, 7) is 2.01. The van der Waals surface area contributed by atoms with Crippen molar-refractivity contribution in [2.45, 2.75) is 56.1 Å². The van der Waals surface area contributed by atoms with Crippen molar-refractivity contribution in [2.75, 3.05) is 25.0 Å². The molecule has 0 unspecified atom stereocenters. The van der Waals surface area contributed by atoms with E-state index in [1.165, 1.54) is 11.4 Å². The summed E-state index contributed by atoms with van der Waals surface area (Å²) in [7, 11) is 0.